The fourth-order valence-corrected chi connectivity index (χ4v) is 1.12. The van der Waals surface area contributed by atoms with E-state index in [1.165, 1.54) is 18.9 Å². The molecule has 2 rings (SSSR count). The Hall–Kier alpha value is -1.38. The Bertz CT molecular complexity index is 323. The van der Waals surface area contributed by atoms with Gasteiger partial charge in [-0.2, -0.15) is 5.10 Å². The summed E-state index contributed by atoms with van der Waals surface area (Å²) >= 11 is 0. The third-order valence-corrected chi connectivity index (χ3v) is 1.99. The van der Waals surface area contributed by atoms with Gasteiger partial charge in [-0.05, 0) is 18.9 Å². The average Bonchev–Trinajstić information content (AvgIpc) is 2.83. The van der Waals surface area contributed by atoms with Crippen molar-refractivity contribution in [2.45, 2.75) is 18.9 Å². The van der Waals surface area contributed by atoms with E-state index >= 15 is 0 Å². The van der Waals surface area contributed by atoms with E-state index < -0.39 is 0 Å². The molecule has 12 heavy (non-hydrogen) atoms. The van der Waals surface area contributed by atoms with E-state index in [0.29, 0.717) is 11.6 Å². The van der Waals surface area contributed by atoms with Gasteiger partial charge < -0.3 is 0 Å². The van der Waals surface area contributed by atoms with Crippen LogP contribution in [0, 0.1) is 0 Å². The lowest BCUT2D eigenvalue weighted by molar-refractivity contribution is 0.104. The van der Waals surface area contributed by atoms with Crippen molar-refractivity contribution in [3.63, 3.8) is 0 Å². The fraction of sp³-hybridized carbons (Fsp3) is 0.333. The van der Waals surface area contributed by atoms with Crippen molar-refractivity contribution >= 4 is 5.78 Å². The van der Waals surface area contributed by atoms with Gasteiger partial charge in [-0.25, -0.2) is 0 Å². The van der Waals surface area contributed by atoms with Gasteiger partial charge in [-0.1, -0.05) is 6.58 Å². The lowest BCUT2D eigenvalue weighted by atomic mass is 10.2. The zero-order valence-electron chi connectivity index (χ0n) is 6.73. The molecule has 3 nitrogen and oxygen atoms in total. The molecule has 62 valence electrons. The molecule has 3 heteroatoms. The van der Waals surface area contributed by atoms with Gasteiger partial charge >= 0.3 is 0 Å². The highest BCUT2D eigenvalue weighted by molar-refractivity contribution is 6.03. The number of carbonyl (C=O) groups excluding carboxylic acids is 1. The smallest absolute Gasteiger partial charge is 0.188 e. The Morgan fingerprint density at radius 3 is 3.08 bits per heavy atom. The summed E-state index contributed by atoms with van der Waals surface area (Å²) in [5.74, 6) is -0.0538. The summed E-state index contributed by atoms with van der Waals surface area (Å²) < 4.78 is 1.86. The van der Waals surface area contributed by atoms with Crippen LogP contribution in [0.4, 0.5) is 0 Å². The minimum absolute atomic E-state index is 0.0538. The molecule has 1 aromatic heterocycles. The van der Waals surface area contributed by atoms with Gasteiger partial charge in [0.25, 0.3) is 0 Å². The first kappa shape index (κ1) is 7.28. The van der Waals surface area contributed by atoms with Crippen molar-refractivity contribution in [2.24, 2.45) is 0 Å². The minimum atomic E-state index is -0.0538. The Labute approximate surface area is 70.7 Å². The molecule has 0 saturated heterocycles. The Kier molecular flexibility index (Phi) is 1.57. The van der Waals surface area contributed by atoms with Crippen LogP contribution in [0.5, 0.6) is 0 Å². The summed E-state index contributed by atoms with van der Waals surface area (Å²) in [5, 5.41) is 4.10. The molecule has 0 spiro atoms. The molecule has 1 fully saturated rings. The van der Waals surface area contributed by atoms with Crippen LogP contribution in [0.25, 0.3) is 0 Å². The summed E-state index contributed by atoms with van der Waals surface area (Å²) in [7, 11) is 0. The molecule has 0 aromatic carbocycles. The first-order valence-electron chi connectivity index (χ1n) is 4.02. The zero-order valence-corrected chi connectivity index (χ0v) is 6.73. The number of allylic oxidation sites excluding steroid dienone is 1. The second-order valence-electron chi connectivity index (χ2n) is 3.01. The number of hydrogen-bond donors (Lipinski definition) is 0. The summed E-state index contributed by atoms with van der Waals surface area (Å²) in [4.78, 5) is 11.1. The standard InChI is InChI=1S/C9H10N2O/c1-2-9(12)7-5-10-11(6-7)8-3-4-8/h2,5-6,8H,1,3-4H2. The second kappa shape index (κ2) is 2.59. The first-order chi connectivity index (χ1) is 5.81. The predicted molar refractivity (Wildman–Crippen MR) is 45.0 cm³/mol. The number of carbonyl (C=O) groups is 1. The van der Waals surface area contributed by atoms with Crippen LogP contribution in [0.2, 0.25) is 0 Å². The van der Waals surface area contributed by atoms with Crippen molar-refractivity contribution in [3.05, 3.63) is 30.6 Å². The Balaban J connectivity index is 2.22. The highest BCUT2D eigenvalue weighted by Gasteiger charge is 2.24. The monoisotopic (exact) mass is 162 g/mol. The van der Waals surface area contributed by atoms with E-state index in [4.69, 9.17) is 0 Å². The highest BCUT2D eigenvalue weighted by Crippen LogP contribution is 2.33. The zero-order chi connectivity index (χ0) is 8.55. The maximum Gasteiger partial charge on any atom is 0.188 e. The lowest BCUT2D eigenvalue weighted by Gasteiger charge is -1.92. The van der Waals surface area contributed by atoms with Gasteiger partial charge in [0.05, 0.1) is 17.8 Å². The summed E-state index contributed by atoms with van der Waals surface area (Å²) in [6, 6.07) is 0.538. The summed E-state index contributed by atoms with van der Waals surface area (Å²) in [5.41, 5.74) is 0.636. The molecule has 0 unspecified atom stereocenters. The van der Waals surface area contributed by atoms with Gasteiger partial charge in [-0.3, -0.25) is 9.48 Å². The third-order valence-electron chi connectivity index (χ3n) is 1.99. The summed E-state index contributed by atoms with van der Waals surface area (Å²) in [6.45, 7) is 3.42. The van der Waals surface area contributed by atoms with Crippen LogP contribution in [0.3, 0.4) is 0 Å². The SMILES string of the molecule is C=CC(=O)c1cnn(C2CC2)c1. The largest absolute Gasteiger partial charge is 0.289 e. The van der Waals surface area contributed by atoms with E-state index in [9.17, 15) is 4.79 Å². The van der Waals surface area contributed by atoms with Crippen molar-refractivity contribution in [2.75, 3.05) is 0 Å². The van der Waals surface area contributed by atoms with Crippen molar-refractivity contribution in [1.29, 1.82) is 0 Å². The molecule has 0 N–H and O–H groups in total. The van der Waals surface area contributed by atoms with Crippen LogP contribution in [0.15, 0.2) is 25.0 Å². The quantitative estimate of drug-likeness (QED) is 0.499. The lowest BCUT2D eigenvalue weighted by Crippen LogP contribution is -1.93. The fourth-order valence-electron chi connectivity index (χ4n) is 1.12. The van der Waals surface area contributed by atoms with E-state index in [1.54, 1.807) is 12.4 Å². The van der Waals surface area contributed by atoms with Gasteiger partial charge in [0.1, 0.15) is 0 Å². The number of nitrogens with zero attached hydrogens (tertiary/aromatic N) is 2. The molecule has 0 amide bonds. The third kappa shape index (κ3) is 1.18. The molecular weight excluding hydrogens is 152 g/mol. The van der Waals surface area contributed by atoms with Gasteiger partial charge in [0, 0.05) is 6.20 Å². The highest BCUT2D eigenvalue weighted by atomic mass is 16.1. The molecule has 0 atom stereocenters. The van der Waals surface area contributed by atoms with Crippen LogP contribution in [-0.2, 0) is 0 Å². The van der Waals surface area contributed by atoms with Crippen molar-refractivity contribution < 1.29 is 4.79 Å². The van der Waals surface area contributed by atoms with Gasteiger partial charge in [0.2, 0.25) is 0 Å². The molecule has 0 aliphatic heterocycles. The normalized spacial score (nSPS) is 16.0. The minimum Gasteiger partial charge on any atom is -0.289 e. The first-order valence-corrected chi connectivity index (χ1v) is 4.02. The van der Waals surface area contributed by atoms with Gasteiger partial charge in [-0.15, -0.1) is 0 Å². The van der Waals surface area contributed by atoms with Crippen LogP contribution >= 0.6 is 0 Å². The molecule has 1 aliphatic carbocycles. The summed E-state index contributed by atoms with van der Waals surface area (Å²) in [6.07, 6.45) is 7.07. The average molecular weight is 162 g/mol. The molecule has 1 aliphatic rings. The maximum atomic E-state index is 11.1. The predicted octanol–water partition coefficient (Wildman–Crippen LogP) is 1.59. The van der Waals surface area contributed by atoms with E-state index in [2.05, 4.69) is 11.7 Å². The Morgan fingerprint density at radius 1 is 1.75 bits per heavy atom. The second-order valence-corrected chi connectivity index (χ2v) is 3.01. The number of hydrogen-bond acceptors (Lipinski definition) is 2. The molecule has 0 bridgehead atoms. The van der Waals surface area contributed by atoms with E-state index in [1.807, 2.05) is 4.68 Å². The van der Waals surface area contributed by atoms with Gasteiger partial charge in [0.15, 0.2) is 5.78 Å². The van der Waals surface area contributed by atoms with E-state index in [-0.39, 0.29) is 5.78 Å². The number of ketones is 1. The maximum absolute atomic E-state index is 11.1. The number of rotatable bonds is 3. The topological polar surface area (TPSA) is 34.9 Å². The van der Waals surface area contributed by atoms with Crippen LogP contribution < -0.4 is 0 Å². The molecule has 1 aromatic rings. The molecule has 1 heterocycles. The van der Waals surface area contributed by atoms with Crippen molar-refractivity contribution in [1.82, 2.24) is 9.78 Å². The molecular formula is C9H10N2O. The van der Waals surface area contributed by atoms with Crippen LogP contribution in [-0.4, -0.2) is 15.6 Å². The van der Waals surface area contributed by atoms with E-state index in [0.717, 1.165) is 0 Å². The van der Waals surface area contributed by atoms with Crippen molar-refractivity contribution in [3.8, 4) is 0 Å². The Morgan fingerprint density at radius 2 is 2.50 bits per heavy atom. The van der Waals surface area contributed by atoms with Crippen LogP contribution in [0.1, 0.15) is 29.2 Å². The number of aromatic nitrogens is 2. The molecule has 1 saturated carbocycles. The molecule has 0 radical (unpaired) electrons.